The van der Waals surface area contributed by atoms with Crippen molar-refractivity contribution in [3.63, 3.8) is 0 Å². The highest BCUT2D eigenvalue weighted by Gasteiger charge is 2.35. The van der Waals surface area contributed by atoms with Crippen molar-refractivity contribution in [1.82, 2.24) is 9.47 Å². The summed E-state index contributed by atoms with van der Waals surface area (Å²) in [6.45, 7) is 3.97. The van der Waals surface area contributed by atoms with E-state index in [2.05, 4.69) is 28.5 Å². The quantitative estimate of drug-likeness (QED) is 0.667. The summed E-state index contributed by atoms with van der Waals surface area (Å²) in [7, 11) is 1.66. The molecule has 28 heavy (non-hydrogen) atoms. The standard InChI is InChI=1S/C23H24N2O2S/c1-27-19-6-4-17(5-7-19)21-8-9-22-18-11-16(13-25(22)23(21)26)12-24(14-18)15-20-3-2-10-28-20/h2-10,16,18H,11-15H2,1H3/t16-,18+/m0/s1. The van der Waals surface area contributed by atoms with E-state index in [0.717, 1.165) is 43.1 Å². The highest BCUT2D eigenvalue weighted by Crippen LogP contribution is 2.36. The van der Waals surface area contributed by atoms with Gasteiger partial charge >= 0.3 is 0 Å². The number of hydrogen-bond acceptors (Lipinski definition) is 4. The molecular weight excluding hydrogens is 368 g/mol. The number of nitrogens with zero attached hydrogens (tertiary/aromatic N) is 2. The molecule has 2 bridgehead atoms. The van der Waals surface area contributed by atoms with Crippen LogP contribution in [0.4, 0.5) is 0 Å². The fourth-order valence-corrected chi connectivity index (χ4v) is 5.53. The van der Waals surface area contributed by atoms with Crippen molar-refractivity contribution < 1.29 is 4.74 Å². The summed E-state index contributed by atoms with van der Waals surface area (Å²) in [6.07, 6.45) is 1.20. The third kappa shape index (κ3) is 3.19. The van der Waals surface area contributed by atoms with Gasteiger partial charge in [0, 0.05) is 48.2 Å². The second-order valence-electron chi connectivity index (χ2n) is 7.89. The molecule has 1 aromatic carbocycles. The molecule has 0 spiro atoms. The molecule has 1 fully saturated rings. The Labute approximate surface area is 169 Å². The Morgan fingerprint density at radius 1 is 1.07 bits per heavy atom. The molecule has 1 saturated heterocycles. The molecule has 0 saturated carbocycles. The maximum Gasteiger partial charge on any atom is 0.258 e. The second-order valence-corrected chi connectivity index (χ2v) is 8.92. The van der Waals surface area contributed by atoms with Gasteiger partial charge < -0.3 is 9.30 Å². The highest BCUT2D eigenvalue weighted by atomic mass is 32.1. The second kappa shape index (κ2) is 7.22. The van der Waals surface area contributed by atoms with E-state index in [-0.39, 0.29) is 5.56 Å². The lowest BCUT2D eigenvalue weighted by Crippen LogP contribution is -2.46. The number of rotatable bonds is 4. The summed E-state index contributed by atoms with van der Waals surface area (Å²) in [4.78, 5) is 17.2. The molecule has 144 valence electrons. The van der Waals surface area contributed by atoms with Gasteiger partial charge in [0.25, 0.3) is 5.56 Å². The number of likely N-dealkylation sites (tertiary alicyclic amines) is 1. The Kier molecular flexibility index (Phi) is 4.57. The fourth-order valence-electron chi connectivity index (χ4n) is 4.79. The van der Waals surface area contributed by atoms with Crippen molar-refractivity contribution in [3.8, 4) is 16.9 Å². The largest absolute Gasteiger partial charge is 0.497 e. The smallest absolute Gasteiger partial charge is 0.258 e. The van der Waals surface area contributed by atoms with Gasteiger partial charge in [-0.2, -0.15) is 0 Å². The van der Waals surface area contributed by atoms with Crippen molar-refractivity contribution in [2.75, 3.05) is 20.2 Å². The zero-order valence-corrected chi connectivity index (χ0v) is 16.8. The average molecular weight is 393 g/mol. The predicted octanol–water partition coefficient (Wildman–Crippen LogP) is 4.20. The molecule has 4 nitrogen and oxygen atoms in total. The van der Waals surface area contributed by atoms with Gasteiger partial charge in [-0.3, -0.25) is 9.69 Å². The molecule has 2 atom stereocenters. The van der Waals surface area contributed by atoms with Gasteiger partial charge in [-0.15, -0.1) is 11.3 Å². The number of ether oxygens (including phenoxy) is 1. The molecule has 5 heteroatoms. The van der Waals surface area contributed by atoms with E-state index in [4.69, 9.17) is 4.74 Å². The molecular formula is C23H24N2O2S. The summed E-state index contributed by atoms with van der Waals surface area (Å²) >= 11 is 1.83. The summed E-state index contributed by atoms with van der Waals surface area (Å²) in [5.41, 5.74) is 3.08. The Morgan fingerprint density at radius 3 is 2.68 bits per heavy atom. The first kappa shape index (κ1) is 17.7. The molecule has 0 aliphatic carbocycles. The normalized spacial score (nSPS) is 21.3. The summed E-state index contributed by atoms with van der Waals surface area (Å²) in [5, 5.41) is 2.15. The molecule has 4 heterocycles. The minimum atomic E-state index is 0.143. The lowest BCUT2D eigenvalue weighted by Gasteiger charge is -2.42. The van der Waals surface area contributed by atoms with Crippen molar-refractivity contribution in [1.29, 1.82) is 0 Å². The number of benzene rings is 1. The number of pyridine rings is 1. The highest BCUT2D eigenvalue weighted by molar-refractivity contribution is 7.09. The van der Waals surface area contributed by atoms with Crippen LogP contribution in [0, 0.1) is 5.92 Å². The van der Waals surface area contributed by atoms with Gasteiger partial charge in [-0.1, -0.05) is 18.2 Å². The first-order valence-electron chi connectivity index (χ1n) is 9.84. The van der Waals surface area contributed by atoms with Crippen LogP contribution in [0.25, 0.3) is 11.1 Å². The summed E-state index contributed by atoms with van der Waals surface area (Å²) in [6, 6.07) is 16.3. The maximum absolute atomic E-state index is 13.3. The Bertz CT molecular complexity index is 1020. The van der Waals surface area contributed by atoms with Crippen LogP contribution in [0.1, 0.15) is 22.9 Å². The van der Waals surface area contributed by atoms with E-state index >= 15 is 0 Å². The molecule has 2 aromatic heterocycles. The molecule has 0 unspecified atom stereocenters. The van der Waals surface area contributed by atoms with E-state index in [1.165, 1.54) is 17.0 Å². The maximum atomic E-state index is 13.3. The van der Waals surface area contributed by atoms with Crippen LogP contribution in [-0.4, -0.2) is 29.7 Å². The summed E-state index contributed by atoms with van der Waals surface area (Å²) in [5.74, 6) is 1.81. The van der Waals surface area contributed by atoms with Crippen molar-refractivity contribution in [2.45, 2.75) is 25.4 Å². The van der Waals surface area contributed by atoms with Crippen LogP contribution < -0.4 is 10.3 Å². The monoisotopic (exact) mass is 392 g/mol. The van der Waals surface area contributed by atoms with Gasteiger partial charge in [0.2, 0.25) is 0 Å². The minimum Gasteiger partial charge on any atom is -0.497 e. The van der Waals surface area contributed by atoms with Gasteiger partial charge in [0.1, 0.15) is 5.75 Å². The fraction of sp³-hybridized carbons (Fsp3) is 0.348. The zero-order chi connectivity index (χ0) is 19.1. The third-order valence-corrected chi connectivity index (χ3v) is 6.90. The lowest BCUT2D eigenvalue weighted by molar-refractivity contribution is 0.115. The number of piperidine rings is 1. The minimum absolute atomic E-state index is 0.143. The first-order chi connectivity index (χ1) is 13.7. The average Bonchev–Trinajstić information content (AvgIpc) is 3.22. The van der Waals surface area contributed by atoms with Gasteiger partial charge in [0.05, 0.1) is 7.11 Å². The van der Waals surface area contributed by atoms with E-state index in [1.807, 2.05) is 46.2 Å². The SMILES string of the molecule is COc1ccc(-c2ccc3n(c2=O)C[C@H]2C[C@@H]3CN(Cc3cccs3)C2)cc1. The number of hydrogen-bond donors (Lipinski definition) is 0. The van der Waals surface area contributed by atoms with Crippen LogP contribution >= 0.6 is 11.3 Å². The number of thiophene rings is 1. The van der Waals surface area contributed by atoms with Gasteiger partial charge in [0.15, 0.2) is 0 Å². The molecule has 5 rings (SSSR count). The Morgan fingerprint density at radius 2 is 1.93 bits per heavy atom. The van der Waals surface area contributed by atoms with E-state index < -0.39 is 0 Å². The van der Waals surface area contributed by atoms with Crippen molar-refractivity contribution in [3.05, 3.63) is 74.8 Å². The Balaban J connectivity index is 1.44. The van der Waals surface area contributed by atoms with Crippen LogP contribution in [0.5, 0.6) is 5.75 Å². The van der Waals surface area contributed by atoms with Crippen molar-refractivity contribution >= 4 is 11.3 Å². The van der Waals surface area contributed by atoms with Gasteiger partial charge in [-0.25, -0.2) is 0 Å². The molecule has 0 radical (unpaired) electrons. The van der Waals surface area contributed by atoms with E-state index in [9.17, 15) is 4.79 Å². The summed E-state index contributed by atoms with van der Waals surface area (Å²) < 4.78 is 7.28. The first-order valence-corrected chi connectivity index (χ1v) is 10.7. The van der Waals surface area contributed by atoms with E-state index in [0.29, 0.717) is 11.8 Å². The third-order valence-electron chi connectivity index (χ3n) is 6.04. The molecule has 2 aliphatic rings. The number of fused-ring (bicyclic) bond motifs is 4. The van der Waals surface area contributed by atoms with Crippen LogP contribution in [0.3, 0.4) is 0 Å². The number of aromatic nitrogens is 1. The molecule has 3 aromatic rings. The number of methoxy groups -OCH3 is 1. The molecule has 0 N–H and O–H groups in total. The molecule has 2 aliphatic heterocycles. The van der Waals surface area contributed by atoms with Gasteiger partial charge in [-0.05, 0) is 53.6 Å². The Hall–Kier alpha value is -2.37. The topological polar surface area (TPSA) is 34.5 Å². The zero-order valence-electron chi connectivity index (χ0n) is 16.0. The predicted molar refractivity (Wildman–Crippen MR) is 113 cm³/mol. The van der Waals surface area contributed by atoms with Crippen LogP contribution in [-0.2, 0) is 13.1 Å². The van der Waals surface area contributed by atoms with Crippen LogP contribution in [0.15, 0.2) is 58.7 Å². The lowest BCUT2D eigenvalue weighted by atomic mass is 9.82. The van der Waals surface area contributed by atoms with E-state index in [1.54, 1.807) is 7.11 Å². The van der Waals surface area contributed by atoms with Crippen LogP contribution in [0.2, 0.25) is 0 Å². The molecule has 0 amide bonds. The van der Waals surface area contributed by atoms with Crippen molar-refractivity contribution in [2.24, 2.45) is 5.92 Å².